The Morgan fingerprint density at radius 2 is 1.03 bits per heavy atom. The average Bonchev–Trinajstić information content (AvgIpc) is 3.24. The van der Waals surface area contributed by atoms with Gasteiger partial charge < -0.3 is 65.1 Å². The van der Waals surface area contributed by atoms with Gasteiger partial charge in [0.25, 0.3) is 0 Å². The summed E-state index contributed by atoms with van der Waals surface area (Å²) in [5.41, 5.74) is 0. The predicted molar refractivity (Wildman–Crippen MR) is 231 cm³/mol. The number of amides is 1. The summed E-state index contributed by atoms with van der Waals surface area (Å²) in [5, 5.41) is 86.5. The molecule has 0 aromatic carbocycles. The predicted octanol–water partition coefficient (Wildman–Crippen LogP) is 5.21. The molecule has 14 nitrogen and oxygen atoms in total. The lowest BCUT2D eigenvalue weighted by atomic mass is 9.97. The van der Waals surface area contributed by atoms with E-state index in [0.717, 1.165) is 38.5 Å². The van der Waals surface area contributed by atoms with Gasteiger partial charge in [0, 0.05) is 6.42 Å². The molecule has 4 unspecified atom stereocenters. The van der Waals surface area contributed by atoms with Crippen LogP contribution in [0.4, 0.5) is 0 Å². The molecule has 12 atom stereocenters. The van der Waals surface area contributed by atoms with Crippen LogP contribution < -0.4 is 5.32 Å². The van der Waals surface area contributed by atoms with E-state index in [-0.39, 0.29) is 18.9 Å². The van der Waals surface area contributed by atoms with E-state index in [1.165, 1.54) is 116 Å². The lowest BCUT2D eigenvalue weighted by Gasteiger charge is -2.46. The monoisotopic (exact) mass is 862 g/mol. The Labute approximate surface area is 361 Å². The van der Waals surface area contributed by atoms with Crippen molar-refractivity contribution in [2.75, 3.05) is 19.8 Å². The molecule has 1 amide bonds. The van der Waals surface area contributed by atoms with Gasteiger partial charge in [-0.25, -0.2) is 0 Å². The maximum Gasteiger partial charge on any atom is 0.220 e. The van der Waals surface area contributed by atoms with Gasteiger partial charge in [-0.2, -0.15) is 0 Å². The van der Waals surface area contributed by atoms with Gasteiger partial charge in [0.2, 0.25) is 5.91 Å². The van der Waals surface area contributed by atoms with Crippen LogP contribution in [-0.2, 0) is 23.7 Å². The molecule has 14 heteroatoms. The third kappa shape index (κ3) is 21.9. The van der Waals surface area contributed by atoms with Gasteiger partial charge >= 0.3 is 0 Å². The molecule has 2 saturated heterocycles. The highest BCUT2D eigenvalue weighted by atomic mass is 16.7. The Hall–Kier alpha value is -1.27. The summed E-state index contributed by atoms with van der Waals surface area (Å²) in [6, 6.07) is -0.906. The van der Waals surface area contributed by atoms with E-state index in [4.69, 9.17) is 18.9 Å². The molecule has 60 heavy (non-hydrogen) atoms. The fourth-order valence-electron chi connectivity index (χ4n) is 8.00. The Bertz CT molecular complexity index is 1070. The van der Waals surface area contributed by atoms with Gasteiger partial charge in [-0.3, -0.25) is 4.79 Å². The van der Waals surface area contributed by atoms with Crippen molar-refractivity contribution in [3.8, 4) is 0 Å². The van der Waals surface area contributed by atoms with E-state index in [1.54, 1.807) is 6.08 Å². The third-order valence-electron chi connectivity index (χ3n) is 12.0. The summed E-state index contributed by atoms with van der Waals surface area (Å²) in [4.78, 5) is 13.1. The molecule has 9 N–H and O–H groups in total. The van der Waals surface area contributed by atoms with E-state index >= 15 is 0 Å². The second-order valence-electron chi connectivity index (χ2n) is 17.2. The molecule has 0 saturated carbocycles. The zero-order valence-electron chi connectivity index (χ0n) is 37.2. The van der Waals surface area contributed by atoms with E-state index < -0.39 is 86.8 Å². The number of aliphatic hydroxyl groups excluding tert-OH is 8. The molecule has 0 radical (unpaired) electrons. The molecule has 2 aliphatic heterocycles. The van der Waals surface area contributed by atoms with Gasteiger partial charge in [-0.15, -0.1) is 0 Å². The number of nitrogens with one attached hydrogen (secondary N) is 1. The number of hydrogen-bond donors (Lipinski definition) is 9. The molecule has 2 rings (SSSR count). The fourth-order valence-corrected chi connectivity index (χ4v) is 8.00. The van der Waals surface area contributed by atoms with Crippen LogP contribution in [0.25, 0.3) is 0 Å². The van der Waals surface area contributed by atoms with Crippen LogP contribution in [-0.4, -0.2) is 140 Å². The Morgan fingerprint density at radius 3 is 1.53 bits per heavy atom. The second kappa shape index (κ2) is 34.2. The smallest absolute Gasteiger partial charge is 0.220 e. The topological polar surface area (TPSA) is 228 Å². The van der Waals surface area contributed by atoms with Crippen LogP contribution in [0.15, 0.2) is 12.2 Å². The summed E-state index contributed by atoms with van der Waals surface area (Å²) >= 11 is 0. The maximum absolute atomic E-state index is 13.1. The third-order valence-corrected chi connectivity index (χ3v) is 12.0. The van der Waals surface area contributed by atoms with E-state index in [2.05, 4.69) is 19.2 Å². The highest BCUT2D eigenvalue weighted by Crippen LogP contribution is 2.30. The van der Waals surface area contributed by atoms with Crippen LogP contribution in [0.1, 0.15) is 181 Å². The van der Waals surface area contributed by atoms with Crippen LogP contribution in [0, 0.1) is 0 Å². The number of ether oxygens (including phenoxy) is 4. The number of unbranched alkanes of at least 4 members (excludes halogenated alkanes) is 23. The van der Waals surface area contributed by atoms with Crippen molar-refractivity contribution < 1.29 is 64.6 Å². The summed E-state index contributed by atoms with van der Waals surface area (Å²) in [5.74, 6) is -0.240. The van der Waals surface area contributed by atoms with Crippen LogP contribution >= 0.6 is 0 Å². The molecule has 2 fully saturated rings. The van der Waals surface area contributed by atoms with E-state index in [0.29, 0.717) is 6.42 Å². The molecule has 0 aromatic rings. The van der Waals surface area contributed by atoms with Crippen molar-refractivity contribution in [3.63, 3.8) is 0 Å². The molecule has 2 aliphatic rings. The molecular formula is C46H87NO13. The summed E-state index contributed by atoms with van der Waals surface area (Å²) in [6.07, 6.45) is 16.8. The van der Waals surface area contributed by atoms with Crippen LogP contribution in [0.2, 0.25) is 0 Å². The highest BCUT2D eigenvalue weighted by molar-refractivity contribution is 5.76. The van der Waals surface area contributed by atoms with Crippen LogP contribution in [0.3, 0.4) is 0 Å². The standard InChI is InChI=1S/C46H87NO13/c1-3-5-7-9-11-13-15-17-19-21-23-25-27-29-35(50)34(47-38(51)30-28-26-24-22-20-18-16-14-12-10-8-6-4-2)33-57-45-43(56)41(54)44(37(32-49)59-45)60-46-42(55)40(53)39(52)36(31-48)58-46/h27,29,34-37,39-46,48-50,52-56H,3-26,28,30-33H2,1-2H3,(H,47,51)/b29-27+/t34-,35+,36+,37+,39-,40?,41?,42?,43?,44+,45+,46-/m0/s1. The molecule has 0 aromatic heterocycles. The number of rotatable bonds is 36. The molecule has 0 bridgehead atoms. The molecular weight excluding hydrogens is 774 g/mol. The Morgan fingerprint density at radius 1 is 0.583 bits per heavy atom. The summed E-state index contributed by atoms with van der Waals surface area (Å²) < 4.78 is 22.6. The first kappa shape index (κ1) is 54.9. The zero-order chi connectivity index (χ0) is 44.0. The van der Waals surface area contributed by atoms with Crippen LogP contribution in [0.5, 0.6) is 0 Å². The van der Waals surface area contributed by atoms with Crippen molar-refractivity contribution in [1.29, 1.82) is 0 Å². The van der Waals surface area contributed by atoms with Gasteiger partial charge in [0.05, 0.1) is 32.0 Å². The first-order chi connectivity index (χ1) is 29.1. The van der Waals surface area contributed by atoms with Crippen molar-refractivity contribution in [1.82, 2.24) is 5.32 Å². The minimum absolute atomic E-state index is 0.240. The summed E-state index contributed by atoms with van der Waals surface area (Å²) in [7, 11) is 0. The minimum atomic E-state index is -1.78. The molecule has 354 valence electrons. The number of carbonyl (C=O) groups is 1. The number of hydrogen-bond acceptors (Lipinski definition) is 13. The molecule has 0 aliphatic carbocycles. The van der Waals surface area contributed by atoms with Crippen molar-refractivity contribution in [3.05, 3.63) is 12.2 Å². The van der Waals surface area contributed by atoms with Gasteiger partial charge in [0.15, 0.2) is 12.6 Å². The normalized spacial score (nSPS) is 28.3. The average molecular weight is 862 g/mol. The molecule has 2 heterocycles. The number of allylic oxidation sites excluding steroid dienone is 1. The van der Waals surface area contributed by atoms with Gasteiger partial charge in [-0.1, -0.05) is 167 Å². The van der Waals surface area contributed by atoms with E-state index in [9.17, 15) is 45.6 Å². The molecule has 0 spiro atoms. The SMILES string of the molecule is CCCCCCCCCCCCC/C=C/[C@@H](O)[C@H](CO[C@@H]1O[C@H](CO)[C@@H](O[C@@H]2O[C@H](CO)[C@H](O)C(O)C2O)C(O)C1O)NC(=O)CCCCCCCCCCCCCCC. The Kier molecular flexibility index (Phi) is 31.3. The zero-order valence-corrected chi connectivity index (χ0v) is 37.2. The first-order valence-electron chi connectivity index (χ1n) is 23.9. The minimum Gasteiger partial charge on any atom is -0.394 e. The lowest BCUT2D eigenvalue weighted by Crippen LogP contribution is -2.65. The van der Waals surface area contributed by atoms with Crippen molar-refractivity contribution in [2.45, 2.75) is 254 Å². The quantitative estimate of drug-likeness (QED) is 0.0292. The largest absolute Gasteiger partial charge is 0.394 e. The maximum atomic E-state index is 13.1. The lowest BCUT2D eigenvalue weighted by molar-refractivity contribution is -0.359. The van der Waals surface area contributed by atoms with Crippen molar-refractivity contribution >= 4 is 5.91 Å². The number of aliphatic hydroxyl groups is 8. The van der Waals surface area contributed by atoms with E-state index in [1.807, 2.05) is 6.08 Å². The van der Waals surface area contributed by atoms with Crippen molar-refractivity contribution in [2.24, 2.45) is 0 Å². The number of carbonyl (C=O) groups excluding carboxylic acids is 1. The highest BCUT2D eigenvalue weighted by Gasteiger charge is 2.51. The fraction of sp³-hybridized carbons (Fsp3) is 0.935. The Balaban J connectivity index is 1.89. The first-order valence-corrected chi connectivity index (χ1v) is 23.9. The summed E-state index contributed by atoms with van der Waals surface area (Å²) in [6.45, 7) is 2.77. The second-order valence-corrected chi connectivity index (χ2v) is 17.2. The van der Waals surface area contributed by atoms with Gasteiger partial charge in [0.1, 0.15) is 48.8 Å². The van der Waals surface area contributed by atoms with Gasteiger partial charge in [-0.05, 0) is 19.3 Å².